The van der Waals surface area contributed by atoms with Crippen LogP contribution in [-0.4, -0.2) is 67.0 Å². The van der Waals surface area contributed by atoms with E-state index in [0.29, 0.717) is 13.0 Å². The Hall–Kier alpha value is -1.87. The van der Waals surface area contributed by atoms with Gasteiger partial charge in [0, 0.05) is 44.7 Å². The van der Waals surface area contributed by atoms with Crippen molar-refractivity contribution in [1.29, 1.82) is 0 Å². The minimum atomic E-state index is -4.37. The minimum absolute atomic E-state index is 0.0262. The number of aromatic nitrogens is 1. The van der Waals surface area contributed by atoms with Crippen molar-refractivity contribution in [3.8, 4) is 5.88 Å². The number of carbonyl (C=O) groups is 1. The molecule has 0 radical (unpaired) electrons. The van der Waals surface area contributed by atoms with Gasteiger partial charge in [0.25, 0.3) is 0 Å². The number of halogens is 3. The van der Waals surface area contributed by atoms with Crippen molar-refractivity contribution in [2.24, 2.45) is 0 Å². The Morgan fingerprint density at radius 1 is 1.31 bits per heavy atom. The van der Waals surface area contributed by atoms with Crippen LogP contribution >= 0.6 is 0 Å². The molecule has 0 aromatic carbocycles. The summed E-state index contributed by atoms with van der Waals surface area (Å²) in [7, 11) is 0. The molecule has 2 atom stereocenters. The second kappa shape index (κ2) is 9.75. The maximum absolute atomic E-state index is 12.3. The fraction of sp³-hybridized carbons (Fsp3) is 0.700. The van der Waals surface area contributed by atoms with Crippen LogP contribution in [0.25, 0.3) is 0 Å². The summed E-state index contributed by atoms with van der Waals surface area (Å²) >= 11 is 0. The second-order valence-corrected chi connectivity index (χ2v) is 7.72. The summed E-state index contributed by atoms with van der Waals surface area (Å²) in [5.74, 6) is 0.000566. The Bertz CT molecular complexity index is 691. The molecule has 29 heavy (non-hydrogen) atoms. The molecule has 3 rings (SSSR count). The van der Waals surface area contributed by atoms with Gasteiger partial charge in [-0.15, -0.1) is 0 Å². The Labute approximate surface area is 168 Å². The number of rotatable bonds is 6. The number of fused-ring (bicyclic) bond motifs is 1. The molecule has 0 unspecified atom stereocenters. The molecular weight excluding hydrogens is 387 g/mol. The first kappa shape index (κ1) is 21.8. The van der Waals surface area contributed by atoms with Crippen molar-refractivity contribution in [2.75, 3.05) is 32.8 Å². The van der Waals surface area contributed by atoms with Crippen LogP contribution in [0.2, 0.25) is 0 Å². The number of pyridine rings is 1. The highest BCUT2D eigenvalue weighted by atomic mass is 19.4. The standard InChI is InChI=1S/C20H28F3N3O3/c1-14(27)24-16-3-4-17(28-12-16)7-10-26-9-6-15-2-5-19(25-18(15)8-11-26)29-13-20(21,22)23/h2,5,16-17H,3-4,6-13H2,1H3,(H,24,27)/t16-,17+/m0/s1. The molecule has 1 aromatic rings. The highest BCUT2D eigenvalue weighted by Gasteiger charge is 2.29. The summed E-state index contributed by atoms with van der Waals surface area (Å²) < 4.78 is 47.6. The zero-order valence-electron chi connectivity index (χ0n) is 16.6. The normalized spacial score (nSPS) is 23.2. The van der Waals surface area contributed by atoms with Crippen molar-refractivity contribution >= 4 is 5.91 Å². The van der Waals surface area contributed by atoms with Crippen molar-refractivity contribution in [2.45, 2.75) is 57.3 Å². The summed E-state index contributed by atoms with van der Waals surface area (Å²) in [5, 5.41) is 2.89. The van der Waals surface area contributed by atoms with Crippen LogP contribution in [0, 0.1) is 0 Å². The zero-order chi connectivity index (χ0) is 20.9. The first-order valence-electron chi connectivity index (χ1n) is 10.1. The first-order valence-corrected chi connectivity index (χ1v) is 10.1. The van der Waals surface area contributed by atoms with Crippen LogP contribution in [0.3, 0.4) is 0 Å². The van der Waals surface area contributed by atoms with E-state index in [0.717, 1.165) is 56.6 Å². The SMILES string of the molecule is CC(=O)N[C@H]1CC[C@H](CCN2CCc3ccc(OCC(F)(F)F)nc3CC2)OC1. The van der Waals surface area contributed by atoms with E-state index in [1.807, 2.05) is 6.07 Å². The maximum atomic E-state index is 12.3. The van der Waals surface area contributed by atoms with Crippen LogP contribution in [-0.2, 0) is 22.4 Å². The molecule has 0 bridgehead atoms. The van der Waals surface area contributed by atoms with Crippen LogP contribution < -0.4 is 10.1 Å². The molecule has 0 aliphatic carbocycles. The Morgan fingerprint density at radius 3 is 2.79 bits per heavy atom. The van der Waals surface area contributed by atoms with Gasteiger partial charge in [-0.25, -0.2) is 4.98 Å². The van der Waals surface area contributed by atoms with E-state index in [1.54, 1.807) is 0 Å². The van der Waals surface area contributed by atoms with Gasteiger partial charge in [-0.2, -0.15) is 13.2 Å². The average Bonchev–Trinajstić information content (AvgIpc) is 2.87. The van der Waals surface area contributed by atoms with Gasteiger partial charge in [0.2, 0.25) is 11.8 Å². The van der Waals surface area contributed by atoms with E-state index in [1.165, 1.54) is 13.0 Å². The number of carbonyl (C=O) groups excluding carboxylic acids is 1. The Morgan fingerprint density at radius 2 is 2.10 bits per heavy atom. The van der Waals surface area contributed by atoms with E-state index in [2.05, 4.69) is 15.2 Å². The Balaban J connectivity index is 1.43. The Kier molecular flexibility index (Phi) is 7.34. The van der Waals surface area contributed by atoms with Gasteiger partial charge in [-0.05, 0) is 31.2 Å². The van der Waals surface area contributed by atoms with E-state index < -0.39 is 12.8 Å². The molecule has 9 heteroatoms. The van der Waals surface area contributed by atoms with E-state index in [4.69, 9.17) is 9.47 Å². The number of hydrogen-bond donors (Lipinski definition) is 1. The van der Waals surface area contributed by atoms with Crippen LogP contribution in [0.5, 0.6) is 5.88 Å². The third-order valence-electron chi connectivity index (χ3n) is 5.33. The van der Waals surface area contributed by atoms with Gasteiger partial charge in [-0.1, -0.05) is 6.07 Å². The minimum Gasteiger partial charge on any atom is -0.468 e. The third kappa shape index (κ3) is 7.15. The molecule has 6 nitrogen and oxygen atoms in total. The van der Waals surface area contributed by atoms with Crippen LogP contribution in [0.1, 0.15) is 37.4 Å². The van der Waals surface area contributed by atoms with Gasteiger partial charge < -0.3 is 19.7 Å². The third-order valence-corrected chi connectivity index (χ3v) is 5.33. The molecule has 1 N–H and O–H groups in total. The lowest BCUT2D eigenvalue weighted by Crippen LogP contribution is -2.42. The van der Waals surface area contributed by atoms with Crippen molar-refractivity contribution in [3.63, 3.8) is 0 Å². The lowest BCUT2D eigenvalue weighted by Gasteiger charge is -2.31. The number of amides is 1. The quantitative estimate of drug-likeness (QED) is 0.774. The summed E-state index contributed by atoms with van der Waals surface area (Å²) in [6.07, 6.45) is 0.129. The van der Waals surface area contributed by atoms with Crippen LogP contribution in [0.15, 0.2) is 12.1 Å². The fourth-order valence-corrected chi connectivity index (χ4v) is 3.83. The first-order chi connectivity index (χ1) is 13.8. The van der Waals surface area contributed by atoms with E-state index >= 15 is 0 Å². The van der Waals surface area contributed by atoms with Crippen molar-refractivity contribution < 1.29 is 27.4 Å². The highest BCUT2D eigenvalue weighted by molar-refractivity contribution is 5.73. The number of nitrogens with zero attached hydrogens (tertiary/aromatic N) is 2. The van der Waals surface area contributed by atoms with Crippen molar-refractivity contribution in [1.82, 2.24) is 15.2 Å². The molecule has 3 heterocycles. The average molecular weight is 415 g/mol. The summed E-state index contributed by atoms with van der Waals surface area (Å²) in [6.45, 7) is 3.35. The molecule has 1 amide bonds. The van der Waals surface area contributed by atoms with Gasteiger partial charge in [0.1, 0.15) is 0 Å². The molecule has 162 valence electrons. The number of ether oxygens (including phenoxy) is 2. The van der Waals surface area contributed by atoms with Crippen molar-refractivity contribution in [3.05, 3.63) is 23.4 Å². The highest BCUT2D eigenvalue weighted by Crippen LogP contribution is 2.22. The largest absolute Gasteiger partial charge is 0.468 e. The fourth-order valence-electron chi connectivity index (χ4n) is 3.83. The number of hydrogen-bond acceptors (Lipinski definition) is 5. The number of alkyl halides is 3. The molecule has 2 aliphatic rings. The van der Waals surface area contributed by atoms with Gasteiger partial charge in [0.05, 0.1) is 18.8 Å². The molecule has 1 fully saturated rings. The molecule has 1 saturated heterocycles. The van der Waals surface area contributed by atoms with E-state index in [9.17, 15) is 18.0 Å². The van der Waals surface area contributed by atoms with Gasteiger partial charge >= 0.3 is 6.18 Å². The molecular formula is C20H28F3N3O3. The van der Waals surface area contributed by atoms with Gasteiger partial charge in [0.15, 0.2) is 6.61 Å². The predicted molar refractivity (Wildman–Crippen MR) is 101 cm³/mol. The lowest BCUT2D eigenvalue weighted by molar-refractivity contribution is -0.154. The summed E-state index contributed by atoms with van der Waals surface area (Å²) in [5.41, 5.74) is 1.89. The van der Waals surface area contributed by atoms with E-state index in [-0.39, 0.29) is 23.9 Å². The molecule has 2 aliphatic heterocycles. The smallest absolute Gasteiger partial charge is 0.422 e. The predicted octanol–water partition coefficient (Wildman–Crippen LogP) is 2.50. The molecule has 0 saturated carbocycles. The van der Waals surface area contributed by atoms with Crippen LogP contribution in [0.4, 0.5) is 13.2 Å². The monoisotopic (exact) mass is 415 g/mol. The summed E-state index contributed by atoms with van der Waals surface area (Å²) in [6, 6.07) is 3.45. The lowest BCUT2D eigenvalue weighted by atomic mass is 10.0. The second-order valence-electron chi connectivity index (χ2n) is 7.72. The summed E-state index contributed by atoms with van der Waals surface area (Å²) in [4.78, 5) is 17.7. The number of nitrogens with one attached hydrogen (secondary N) is 1. The zero-order valence-corrected chi connectivity index (χ0v) is 16.6. The molecule has 1 aromatic heterocycles. The maximum Gasteiger partial charge on any atom is 0.422 e. The topological polar surface area (TPSA) is 63.7 Å². The van der Waals surface area contributed by atoms with Gasteiger partial charge in [-0.3, -0.25) is 4.79 Å². The molecule has 0 spiro atoms.